The maximum absolute atomic E-state index is 14.4. The predicted molar refractivity (Wildman–Crippen MR) is 121 cm³/mol. The number of hydrogen-bond acceptors (Lipinski definition) is 3. The molecule has 0 aliphatic rings. The SMILES string of the molecule is CCN(Cc1ccccc1)S(=O)(=O)c1ccc(F)c(C(=O)Nc2cc(Cl)ccc2Cl)c1. The van der Waals surface area contributed by atoms with Gasteiger partial charge in [-0.15, -0.1) is 0 Å². The molecule has 0 radical (unpaired) electrons. The summed E-state index contributed by atoms with van der Waals surface area (Å²) >= 11 is 12.0. The number of sulfonamides is 1. The number of nitrogens with one attached hydrogen (secondary N) is 1. The zero-order valence-corrected chi connectivity index (χ0v) is 18.8. The van der Waals surface area contributed by atoms with Crippen LogP contribution >= 0.6 is 23.2 Å². The number of carbonyl (C=O) groups excluding carboxylic acids is 1. The van der Waals surface area contributed by atoms with Gasteiger partial charge in [0.05, 0.1) is 21.2 Å². The molecule has 5 nitrogen and oxygen atoms in total. The van der Waals surface area contributed by atoms with Crippen LogP contribution in [0.25, 0.3) is 0 Å². The predicted octanol–water partition coefficient (Wildman–Crippen LogP) is 5.60. The Morgan fingerprint density at radius 1 is 1.03 bits per heavy atom. The lowest BCUT2D eigenvalue weighted by molar-refractivity contribution is 0.102. The molecule has 0 fully saturated rings. The Morgan fingerprint density at radius 2 is 1.74 bits per heavy atom. The van der Waals surface area contributed by atoms with Crippen molar-refractivity contribution in [3.8, 4) is 0 Å². The largest absolute Gasteiger partial charge is 0.320 e. The highest BCUT2D eigenvalue weighted by Gasteiger charge is 2.26. The molecule has 31 heavy (non-hydrogen) atoms. The van der Waals surface area contributed by atoms with E-state index in [1.807, 2.05) is 30.3 Å². The summed E-state index contributed by atoms with van der Waals surface area (Å²) in [4.78, 5) is 12.5. The van der Waals surface area contributed by atoms with Gasteiger partial charge in [0, 0.05) is 18.1 Å². The molecule has 0 aliphatic carbocycles. The van der Waals surface area contributed by atoms with Crippen LogP contribution in [0.1, 0.15) is 22.8 Å². The van der Waals surface area contributed by atoms with Gasteiger partial charge in [0.1, 0.15) is 5.82 Å². The van der Waals surface area contributed by atoms with Gasteiger partial charge in [-0.1, -0.05) is 60.5 Å². The van der Waals surface area contributed by atoms with Crippen molar-refractivity contribution in [1.82, 2.24) is 4.31 Å². The number of amides is 1. The third kappa shape index (κ3) is 5.43. The molecule has 0 bridgehead atoms. The van der Waals surface area contributed by atoms with Gasteiger partial charge in [0.2, 0.25) is 10.0 Å². The highest BCUT2D eigenvalue weighted by Crippen LogP contribution is 2.27. The second kappa shape index (κ2) is 9.78. The first-order valence-corrected chi connectivity index (χ1v) is 11.5. The van der Waals surface area contributed by atoms with Gasteiger partial charge in [-0.05, 0) is 42.0 Å². The van der Waals surface area contributed by atoms with Crippen molar-refractivity contribution < 1.29 is 17.6 Å². The summed E-state index contributed by atoms with van der Waals surface area (Å²) in [5.41, 5.74) is 0.572. The van der Waals surface area contributed by atoms with Crippen molar-refractivity contribution in [3.63, 3.8) is 0 Å². The highest BCUT2D eigenvalue weighted by atomic mass is 35.5. The Kier molecular flexibility index (Phi) is 7.33. The Labute approximate surface area is 190 Å². The number of halogens is 3. The maximum Gasteiger partial charge on any atom is 0.258 e. The van der Waals surface area contributed by atoms with Crippen molar-refractivity contribution in [2.24, 2.45) is 0 Å². The van der Waals surface area contributed by atoms with Crippen LogP contribution in [0.4, 0.5) is 10.1 Å². The summed E-state index contributed by atoms with van der Waals surface area (Å²) in [6.45, 7) is 2.06. The fourth-order valence-electron chi connectivity index (χ4n) is 2.92. The van der Waals surface area contributed by atoms with E-state index >= 15 is 0 Å². The van der Waals surface area contributed by atoms with Crippen LogP contribution in [0.3, 0.4) is 0 Å². The lowest BCUT2D eigenvalue weighted by atomic mass is 10.2. The summed E-state index contributed by atoms with van der Waals surface area (Å²) in [6, 6.07) is 16.7. The molecule has 3 aromatic carbocycles. The minimum atomic E-state index is -3.97. The minimum Gasteiger partial charge on any atom is -0.320 e. The fraction of sp³-hybridized carbons (Fsp3) is 0.136. The van der Waals surface area contributed by atoms with Gasteiger partial charge in [0.15, 0.2) is 0 Å². The molecule has 0 saturated carbocycles. The van der Waals surface area contributed by atoms with Crippen LogP contribution in [0.15, 0.2) is 71.6 Å². The quantitative estimate of drug-likeness (QED) is 0.478. The molecule has 0 unspecified atom stereocenters. The second-order valence-corrected chi connectivity index (χ2v) is 9.42. The summed E-state index contributed by atoms with van der Waals surface area (Å²) < 4.78 is 41.9. The normalized spacial score (nSPS) is 11.5. The van der Waals surface area contributed by atoms with Crippen molar-refractivity contribution in [1.29, 1.82) is 0 Å². The second-order valence-electron chi connectivity index (χ2n) is 6.64. The average molecular weight is 481 g/mol. The van der Waals surface area contributed by atoms with E-state index in [9.17, 15) is 17.6 Å². The van der Waals surface area contributed by atoms with E-state index in [1.54, 1.807) is 13.0 Å². The zero-order valence-electron chi connectivity index (χ0n) is 16.5. The van der Waals surface area contributed by atoms with Gasteiger partial charge < -0.3 is 5.32 Å². The van der Waals surface area contributed by atoms with Crippen LogP contribution < -0.4 is 5.32 Å². The van der Waals surface area contributed by atoms with E-state index in [-0.39, 0.29) is 28.7 Å². The molecule has 3 rings (SSSR count). The molecule has 0 heterocycles. The Hall–Kier alpha value is -2.45. The molecule has 9 heteroatoms. The van der Waals surface area contributed by atoms with Crippen molar-refractivity contribution in [2.45, 2.75) is 18.4 Å². The molecule has 0 aliphatic heterocycles. The molecule has 0 atom stereocenters. The molecule has 1 amide bonds. The van der Waals surface area contributed by atoms with Crippen LogP contribution in [-0.2, 0) is 16.6 Å². The molecular weight excluding hydrogens is 462 g/mol. The topological polar surface area (TPSA) is 66.5 Å². The molecular formula is C22H19Cl2FN2O3S. The van der Waals surface area contributed by atoms with Gasteiger partial charge in [-0.2, -0.15) is 4.31 Å². The lowest BCUT2D eigenvalue weighted by Gasteiger charge is -2.21. The Balaban J connectivity index is 1.91. The number of carbonyl (C=O) groups is 1. The molecule has 0 spiro atoms. The highest BCUT2D eigenvalue weighted by molar-refractivity contribution is 7.89. The molecule has 1 N–H and O–H groups in total. The first kappa shape index (κ1) is 23.2. The Bertz CT molecular complexity index is 1200. The van der Waals surface area contributed by atoms with Gasteiger partial charge >= 0.3 is 0 Å². The first-order valence-electron chi connectivity index (χ1n) is 9.32. The standard InChI is InChI=1S/C22H19Cl2FN2O3S/c1-2-27(14-15-6-4-3-5-7-15)31(29,30)17-9-11-20(25)18(13-17)22(28)26-21-12-16(23)8-10-19(21)24/h3-13H,2,14H2,1H3,(H,26,28). The van der Waals surface area contributed by atoms with Crippen LogP contribution in [0.2, 0.25) is 10.0 Å². The molecule has 0 saturated heterocycles. The summed E-state index contributed by atoms with van der Waals surface area (Å²) in [7, 11) is -3.97. The smallest absolute Gasteiger partial charge is 0.258 e. The van der Waals surface area contributed by atoms with E-state index in [0.29, 0.717) is 5.02 Å². The van der Waals surface area contributed by atoms with Crippen molar-refractivity contribution in [2.75, 3.05) is 11.9 Å². The zero-order chi connectivity index (χ0) is 22.6. The average Bonchev–Trinajstić information content (AvgIpc) is 2.75. The maximum atomic E-state index is 14.4. The van der Waals surface area contributed by atoms with E-state index in [1.165, 1.54) is 16.4 Å². The minimum absolute atomic E-state index is 0.150. The summed E-state index contributed by atoms with van der Waals surface area (Å²) in [5.74, 6) is -1.70. The van der Waals surface area contributed by atoms with Gasteiger partial charge in [0.25, 0.3) is 5.91 Å². The Morgan fingerprint density at radius 3 is 2.42 bits per heavy atom. The number of hydrogen-bond donors (Lipinski definition) is 1. The summed E-state index contributed by atoms with van der Waals surface area (Å²) in [6.07, 6.45) is 0. The van der Waals surface area contributed by atoms with Crippen LogP contribution in [-0.4, -0.2) is 25.2 Å². The monoisotopic (exact) mass is 480 g/mol. The van der Waals surface area contributed by atoms with E-state index < -0.39 is 27.3 Å². The summed E-state index contributed by atoms with van der Waals surface area (Å²) in [5, 5.41) is 3.01. The van der Waals surface area contributed by atoms with E-state index in [2.05, 4.69) is 5.32 Å². The number of anilines is 1. The lowest BCUT2D eigenvalue weighted by Crippen LogP contribution is -2.30. The van der Waals surface area contributed by atoms with E-state index in [0.717, 1.165) is 23.8 Å². The van der Waals surface area contributed by atoms with Crippen molar-refractivity contribution in [3.05, 3.63) is 93.7 Å². The van der Waals surface area contributed by atoms with Crippen LogP contribution in [0, 0.1) is 5.82 Å². The number of rotatable bonds is 7. The van der Waals surface area contributed by atoms with Gasteiger partial charge in [-0.25, -0.2) is 12.8 Å². The third-order valence-electron chi connectivity index (χ3n) is 4.55. The van der Waals surface area contributed by atoms with Crippen LogP contribution in [0.5, 0.6) is 0 Å². The number of nitrogens with zero attached hydrogens (tertiary/aromatic N) is 1. The van der Waals surface area contributed by atoms with E-state index in [4.69, 9.17) is 23.2 Å². The number of benzene rings is 3. The van der Waals surface area contributed by atoms with Crippen molar-refractivity contribution >= 4 is 44.8 Å². The first-order chi connectivity index (χ1) is 14.7. The molecule has 162 valence electrons. The fourth-order valence-corrected chi connectivity index (χ4v) is 4.73. The van der Waals surface area contributed by atoms with Gasteiger partial charge in [-0.3, -0.25) is 4.79 Å². The molecule has 3 aromatic rings. The third-order valence-corrected chi connectivity index (χ3v) is 7.03. The molecule has 0 aromatic heterocycles.